The van der Waals surface area contributed by atoms with E-state index in [1.807, 2.05) is 0 Å². The SMILES string of the molecule is CCCCCCCCCCCCCCCCCCCCCCCCC(=O)O[C@H](COC(=O)CCCCCCCCC(C)C)COP(=O)(O)OC[C@@H](O)COP(=O)(O)OC[C@@H](COC(=O)CCCCCCCCCC)OC(=O)CCCCCCCCCCC. The Hall–Kier alpha value is -1.94. The fourth-order valence-electron chi connectivity index (χ4n) is 10.5. The Morgan fingerprint density at radius 2 is 0.523 bits per heavy atom. The van der Waals surface area contributed by atoms with Gasteiger partial charge < -0.3 is 33.8 Å². The summed E-state index contributed by atoms with van der Waals surface area (Å²) in [5.74, 6) is -1.45. The molecule has 19 heteroatoms. The van der Waals surface area contributed by atoms with Crippen molar-refractivity contribution in [2.24, 2.45) is 5.92 Å². The summed E-state index contributed by atoms with van der Waals surface area (Å²) in [6.07, 6.45) is 49.1. The number of hydrogen-bond donors (Lipinski definition) is 3. The van der Waals surface area contributed by atoms with Gasteiger partial charge in [-0.25, -0.2) is 9.13 Å². The average molecular weight is 1300 g/mol. The number of hydrogen-bond acceptors (Lipinski definition) is 15. The van der Waals surface area contributed by atoms with Gasteiger partial charge in [-0.1, -0.05) is 304 Å². The highest BCUT2D eigenvalue weighted by molar-refractivity contribution is 7.47. The maximum absolute atomic E-state index is 13.0. The topological polar surface area (TPSA) is 237 Å². The molecule has 0 aliphatic carbocycles. The van der Waals surface area contributed by atoms with Crippen LogP contribution < -0.4 is 0 Å². The monoisotopic (exact) mass is 1300 g/mol. The highest BCUT2D eigenvalue weighted by atomic mass is 31.2. The fraction of sp³-hybridized carbons (Fsp3) is 0.942. The van der Waals surface area contributed by atoms with E-state index in [0.717, 1.165) is 103 Å². The molecule has 2 unspecified atom stereocenters. The van der Waals surface area contributed by atoms with E-state index in [9.17, 15) is 43.2 Å². The lowest BCUT2D eigenvalue weighted by atomic mass is 10.0. The van der Waals surface area contributed by atoms with Crippen molar-refractivity contribution in [1.29, 1.82) is 0 Å². The first kappa shape index (κ1) is 86.1. The van der Waals surface area contributed by atoms with E-state index in [4.69, 9.17) is 37.0 Å². The second-order valence-electron chi connectivity index (χ2n) is 25.4. The van der Waals surface area contributed by atoms with Gasteiger partial charge in [0, 0.05) is 25.7 Å². The molecule has 0 amide bonds. The molecule has 0 aromatic carbocycles. The maximum atomic E-state index is 13.0. The number of phosphoric ester groups is 2. The Morgan fingerprint density at radius 3 is 0.773 bits per heavy atom. The number of unbranched alkanes of at least 4 members (excludes halogenated alkanes) is 41. The zero-order valence-corrected chi connectivity index (χ0v) is 58.6. The predicted octanol–water partition coefficient (Wildman–Crippen LogP) is 19.7. The molecule has 0 spiro atoms. The van der Waals surface area contributed by atoms with Gasteiger partial charge in [0.1, 0.15) is 19.3 Å². The standard InChI is InChI=1S/C69H134O17P2/c1-6-9-12-15-18-21-22-23-24-25-26-27-28-29-30-31-32-33-35-38-45-50-55-69(74)86-65(59-80-67(72)53-48-43-40-39-41-46-51-62(4)5)61-84-88(77,78)82-57-63(70)56-81-87(75,76)83-60-64(58-79-66(71)52-47-42-36-20-17-14-11-8-3)85-68(73)54-49-44-37-34-19-16-13-10-7-2/h62-65,70H,6-61H2,1-5H3,(H,75,76)(H,77,78)/t63-,64+,65+/m0/s1. The first-order valence-electron chi connectivity index (χ1n) is 36.1. The average Bonchev–Trinajstić information content (AvgIpc) is 3.55. The highest BCUT2D eigenvalue weighted by Gasteiger charge is 2.30. The predicted molar refractivity (Wildman–Crippen MR) is 354 cm³/mol. The van der Waals surface area contributed by atoms with Crippen molar-refractivity contribution in [2.45, 2.75) is 374 Å². The zero-order valence-electron chi connectivity index (χ0n) is 56.9. The van der Waals surface area contributed by atoms with E-state index in [1.54, 1.807) is 0 Å². The summed E-state index contributed by atoms with van der Waals surface area (Å²) >= 11 is 0. The van der Waals surface area contributed by atoms with Crippen LogP contribution in [0.4, 0.5) is 0 Å². The van der Waals surface area contributed by atoms with E-state index in [0.29, 0.717) is 31.6 Å². The molecule has 0 saturated carbocycles. The number of carbonyl (C=O) groups excluding carboxylic acids is 4. The quantitative estimate of drug-likeness (QED) is 0.0222. The number of rotatable bonds is 69. The van der Waals surface area contributed by atoms with Crippen LogP contribution in [0.25, 0.3) is 0 Å². The second-order valence-corrected chi connectivity index (χ2v) is 28.3. The molecule has 0 aromatic rings. The maximum Gasteiger partial charge on any atom is 0.472 e. The lowest BCUT2D eigenvalue weighted by molar-refractivity contribution is -0.161. The minimum Gasteiger partial charge on any atom is -0.462 e. The molecular formula is C69H134O17P2. The second kappa shape index (κ2) is 62.5. The van der Waals surface area contributed by atoms with Crippen LogP contribution in [0.5, 0.6) is 0 Å². The third kappa shape index (κ3) is 62.8. The Bertz CT molecular complexity index is 1700. The van der Waals surface area contributed by atoms with Gasteiger partial charge in [-0.2, -0.15) is 0 Å². The molecule has 0 aromatic heterocycles. The van der Waals surface area contributed by atoms with Gasteiger partial charge in [0.15, 0.2) is 12.2 Å². The summed E-state index contributed by atoms with van der Waals surface area (Å²) in [6, 6.07) is 0. The number of phosphoric acid groups is 2. The van der Waals surface area contributed by atoms with Crippen LogP contribution in [0.1, 0.15) is 356 Å². The van der Waals surface area contributed by atoms with Crippen LogP contribution in [0, 0.1) is 5.92 Å². The summed E-state index contributed by atoms with van der Waals surface area (Å²) in [5, 5.41) is 10.5. The molecule has 3 N–H and O–H groups in total. The molecular weight excluding hydrogens is 1160 g/mol. The van der Waals surface area contributed by atoms with Gasteiger partial charge in [-0.3, -0.25) is 37.3 Å². The van der Waals surface area contributed by atoms with Gasteiger partial charge in [0.25, 0.3) is 0 Å². The lowest BCUT2D eigenvalue weighted by Gasteiger charge is -2.21. The largest absolute Gasteiger partial charge is 0.472 e. The summed E-state index contributed by atoms with van der Waals surface area (Å²) in [7, 11) is -9.89. The van der Waals surface area contributed by atoms with Crippen molar-refractivity contribution in [3.05, 3.63) is 0 Å². The third-order valence-corrected chi connectivity index (χ3v) is 17.9. The Labute approximate surface area is 537 Å². The number of aliphatic hydroxyl groups excluding tert-OH is 1. The third-order valence-electron chi connectivity index (χ3n) is 16.0. The van der Waals surface area contributed by atoms with Crippen LogP contribution in [0.2, 0.25) is 0 Å². The van der Waals surface area contributed by atoms with Crippen LogP contribution in [-0.2, 0) is 65.4 Å². The first-order chi connectivity index (χ1) is 42.5. The summed E-state index contributed by atoms with van der Waals surface area (Å²) in [6.45, 7) is 7.10. The van der Waals surface area contributed by atoms with E-state index in [1.165, 1.54) is 167 Å². The van der Waals surface area contributed by atoms with Crippen molar-refractivity contribution in [3.8, 4) is 0 Å². The molecule has 0 bridgehead atoms. The van der Waals surface area contributed by atoms with Crippen LogP contribution in [-0.4, -0.2) is 96.7 Å². The molecule has 522 valence electrons. The molecule has 0 saturated heterocycles. The molecule has 0 aliphatic heterocycles. The summed E-state index contributed by atoms with van der Waals surface area (Å²) < 4.78 is 68.0. The Kier molecular flexibility index (Phi) is 61.1. The van der Waals surface area contributed by atoms with Crippen LogP contribution >= 0.6 is 15.6 Å². The molecule has 0 heterocycles. The zero-order chi connectivity index (χ0) is 64.9. The van der Waals surface area contributed by atoms with Crippen molar-refractivity contribution in [3.63, 3.8) is 0 Å². The van der Waals surface area contributed by atoms with E-state index in [-0.39, 0.29) is 25.7 Å². The van der Waals surface area contributed by atoms with E-state index < -0.39 is 97.5 Å². The molecule has 17 nitrogen and oxygen atoms in total. The number of ether oxygens (including phenoxy) is 4. The number of carbonyl (C=O) groups is 4. The first-order valence-corrected chi connectivity index (χ1v) is 39.1. The van der Waals surface area contributed by atoms with Crippen LogP contribution in [0.3, 0.4) is 0 Å². The normalized spacial score (nSPS) is 14.1. The summed E-state index contributed by atoms with van der Waals surface area (Å²) in [4.78, 5) is 72.2. The smallest absolute Gasteiger partial charge is 0.462 e. The molecule has 88 heavy (non-hydrogen) atoms. The van der Waals surface area contributed by atoms with Gasteiger partial charge in [0.05, 0.1) is 26.4 Å². The molecule has 0 fully saturated rings. The highest BCUT2D eigenvalue weighted by Crippen LogP contribution is 2.45. The number of esters is 4. The van der Waals surface area contributed by atoms with Crippen molar-refractivity contribution in [1.82, 2.24) is 0 Å². The van der Waals surface area contributed by atoms with Gasteiger partial charge >= 0.3 is 39.5 Å². The minimum absolute atomic E-state index is 0.106. The van der Waals surface area contributed by atoms with Crippen molar-refractivity contribution in [2.75, 3.05) is 39.6 Å². The summed E-state index contributed by atoms with van der Waals surface area (Å²) in [5.41, 5.74) is 0. The lowest BCUT2D eigenvalue weighted by Crippen LogP contribution is -2.30. The fourth-order valence-corrected chi connectivity index (χ4v) is 12.0. The van der Waals surface area contributed by atoms with Gasteiger partial charge in [0.2, 0.25) is 0 Å². The van der Waals surface area contributed by atoms with Crippen LogP contribution in [0.15, 0.2) is 0 Å². The molecule has 0 aliphatic rings. The minimum atomic E-state index is -4.95. The Morgan fingerprint density at radius 1 is 0.307 bits per heavy atom. The van der Waals surface area contributed by atoms with Crippen molar-refractivity contribution < 1.29 is 80.2 Å². The molecule has 5 atom stereocenters. The molecule has 0 radical (unpaired) electrons. The number of aliphatic hydroxyl groups is 1. The molecule has 0 rings (SSSR count). The Balaban J connectivity index is 5.07. The van der Waals surface area contributed by atoms with Crippen molar-refractivity contribution >= 4 is 39.5 Å². The van der Waals surface area contributed by atoms with E-state index in [2.05, 4.69) is 34.6 Å². The van der Waals surface area contributed by atoms with E-state index >= 15 is 0 Å². The van der Waals surface area contributed by atoms with Gasteiger partial charge in [-0.05, 0) is 31.6 Å². The van der Waals surface area contributed by atoms with Gasteiger partial charge in [-0.15, -0.1) is 0 Å².